The van der Waals surface area contributed by atoms with Gasteiger partial charge in [-0.1, -0.05) is 64.2 Å². The number of rotatable bonds is 18. The molecule has 37 heavy (non-hydrogen) atoms. The van der Waals surface area contributed by atoms with Gasteiger partial charge in [0.05, 0.1) is 0 Å². The molecule has 2 N–H and O–H groups in total. The van der Waals surface area contributed by atoms with Gasteiger partial charge in [0.2, 0.25) is 0 Å². The zero-order valence-electron chi connectivity index (χ0n) is 23.9. The van der Waals surface area contributed by atoms with Crippen molar-refractivity contribution in [1.29, 1.82) is 5.41 Å². The van der Waals surface area contributed by atoms with Gasteiger partial charge in [0.15, 0.2) is 5.78 Å². The number of nitrogens with zero attached hydrogens (tertiary/aromatic N) is 2. The predicted molar refractivity (Wildman–Crippen MR) is 159 cm³/mol. The predicted octanol–water partition coefficient (Wildman–Crippen LogP) is 6.03. The summed E-state index contributed by atoms with van der Waals surface area (Å²) in [5.74, 6) is 2.84. The van der Waals surface area contributed by atoms with Gasteiger partial charge in [-0.3, -0.25) is 14.6 Å². The van der Waals surface area contributed by atoms with E-state index in [9.17, 15) is 4.79 Å². The van der Waals surface area contributed by atoms with Gasteiger partial charge in [-0.05, 0) is 100 Å². The van der Waals surface area contributed by atoms with Crippen molar-refractivity contribution < 1.29 is 4.79 Å². The van der Waals surface area contributed by atoms with E-state index in [-0.39, 0.29) is 17.7 Å². The van der Waals surface area contributed by atoms with E-state index in [0.717, 1.165) is 69.0 Å². The molecule has 2 rings (SSSR count). The average Bonchev–Trinajstić information content (AvgIpc) is 3.64. The van der Waals surface area contributed by atoms with Gasteiger partial charge in [0.25, 0.3) is 0 Å². The largest absolute Gasteiger partial charge is 0.309 e. The lowest BCUT2D eigenvalue weighted by Crippen LogP contribution is -2.35. The third-order valence-corrected chi connectivity index (χ3v) is 8.30. The van der Waals surface area contributed by atoms with Crippen molar-refractivity contribution >= 4 is 12.0 Å². The van der Waals surface area contributed by atoms with Crippen LogP contribution in [-0.4, -0.2) is 67.7 Å². The number of hydrogen-bond acceptors (Lipinski definition) is 5. The molecule has 0 spiro atoms. The van der Waals surface area contributed by atoms with E-state index >= 15 is 0 Å². The van der Waals surface area contributed by atoms with E-state index < -0.39 is 0 Å². The molecule has 0 aliphatic heterocycles. The highest BCUT2D eigenvalue weighted by atomic mass is 16.1. The maximum absolute atomic E-state index is 12.6. The van der Waals surface area contributed by atoms with Gasteiger partial charge >= 0.3 is 0 Å². The monoisotopic (exact) mass is 508 g/mol. The van der Waals surface area contributed by atoms with Crippen LogP contribution >= 0.6 is 0 Å². The summed E-state index contributed by atoms with van der Waals surface area (Å²) in [4.78, 5) is 17.3. The van der Waals surface area contributed by atoms with Gasteiger partial charge in [0, 0.05) is 31.4 Å². The first-order valence-electron chi connectivity index (χ1n) is 14.3. The fourth-order valence-electron chi connectivity index (χ4n) is 5.50. The van der Waals surface area contributed by atoms with Gasteiger partial charge in [-0.25, -0.2) is 0 Å². The summed E-state index contributed by atoms with van der Waals surface area (Å²) in [5, 5.41) is 10.8. The number of nitrogens with one attached hydrogen (secondary N) is 2. The van der Waals surface area contributed by atoms with Crippen molar-refractivity contribution in [1.82, 2.24) is 15.1 Å². The Morgan fingerprint density at radius 1 is 1.14 bits per heavy atom. The van der Waals surface area contributed by atoms with E-state index in [1.165, 1.54) is 37.5 Å². The van der Waals surface area contributed by atoms with Crippen molar-refractivity contribution in [2.45, 2.75) is 65.3 Å². The molecule has 3 unspecified atom stereocenters. The standard InChI is InChI=1S/C32H52N4O/c1-7-27(17-19-33)23-35(6)24-34-22-31-21-30(31)18-20-36(9-3)26(5)28(8-2)11-10-12-32(37)29-15-13-25(4)14-16-29/h7-8,10-12,17,19,25-26,29-31,33-34H,1-2,9,13-16,18,20-24H2,3-6H3/b12-10+,27-17+,28-11+,33-19?. The van der Waals surface area contributed by atoms with Crippen LogP contribution in [0.1, 0.15) is 59.3 Å². The summed E-state index contributed by atoms with van der Waals surface area (Å²) in [7, 11) is 2.09. The van der Waals surface area contributed by atoms with Crippen LogP contribution in [0.15, 0.2) is 60.8 Å². The molecular formula is C32H52N4O. The van der Waals surface area contributed by atoms with E-state index in [0.29, 0.717) is 0 Å². The number of carbonyl (C=O) groups is 1. The summed E-state index contributed by atoms with van der Waals surface area (Å²) in [5.41, 5.74) is 2.24. The second kappa shape index (κ2) is 16.7. The topological polar surface area (TPSA) is 59.4 Å². The lowest BCUT2D eigenvalue weighted by atomic mass is 9.81. The van der Waals surface area contributed by atoms with Crippen LogP contribution in [0.4, 0.5) is 0 Å². The number of carbonyl (C=O) groups excluding carboxylic acids is 1. The second-order valence-electron chi connectivity index (χ2n) is 11.2. The molecule has 2 aliphatic rings. The molecule has 0 bridgehead atoms. The molecule has 5 nitrogen and oxygen atoms in total. The van der Waals surface area contributed by atoms with Crippen LogP contribution in [0.2, 0.25) is 0 Å². The van der Waals surface area contributed by atoms with Crippen LogP contribution in [0.3, 0.4) is 0 Å². The normalized spacial score (nSPS) is 25.5. The minimum Gasteiger partial charge on any atom is -0.309 e. The molecule has 5 heteroatoms. The Kier molecular flexibility index (Phi) is 14.1. The second-order valence-corrected chi connectivity index (χ2v) is 11.2. The maximum atomic E-state index is 12.6. The van der Waals surface area contributed by atoms with Gasteiger partial charge < -0.3 is 10.7 Å². The third-order valence-electron chi connectivity index (χ3n) is 8.30. The summed E-state index contributed by atoms with van der Waals surface area (Å²) in [6.45, 7) is 19.4. The van der Waals surface area contributed by atoms with E-state index in [4.69, 9.17) is 5.41 Å². The van der Waals surface area contributed by atoms with Crippen LogP contribution in [0.5, 0.6) is 0 Å². The van der Waals surface area contributed by atoms with Gasteiger partial charge in [0.1, 0.15) is 0 Å². The minimum absolute atomic E-state index is 0.216. The molecule has 0 aromatic heterocycles. The SMILES string of the molecule is C=C/C(=C\C=N)CN(C)CNCC1CC1CCN(CC)C(C)/C(C=C)=C/C=C/C(=O)C1CCC(C)CC1. The van der Waals surface area contributed by atoms with Crippen LogP contribution in [-0.2, 0) is 4.79 Å². The first-order valence-corrected chi connectivity index (χ1v) is 14.3. The zero-order valence-corrected chi connectivity index (χ0v) is 23.9. The Bertz CT molecular complexity index is 834. The summed E-state index contributed by atoms with van der Waals surface area (Å²) >= 11 is 0. The molecule has 0 heterocycles. The maximum Gasteiger partial charge on any atom is 0.158 e. The van der Waals surface area contributed by atoms with Crippen molar-refractivity contribution in [2.24, 2.45) is 23.7 Å². The molecule has 2 saturated carbocycles. The summed E-state index contributed by atoms with van der Waals surface area (Å²) in [6.07, 6.45) is 19.6. The van der Waals surface area contributed by atoms with Crippen molar-refractivity contribution in [2.75, 3.05) is 39.9 Å². The minimum atomic E-state index is 0.216. The fourth-order valence-corrected chi connectivity index (χ4v) is 5.50. The number of ketones is 1. The Balaban J connectivity index is 1.73. The molecule has 2 fully saturated rings. The molecule has 0 saturated heterocycles. The van der Waals surface area contributed by atoms with Crippen LogP contribution in [0.25, 0.3) is 0 Å². The molecule has 206 valence electrons. The highest BCUT2D eigenvalue weighted by Crippen LogP contribution is 2.40. The highest BCUT2D eigenvalue weighted by Gasteiger charge is 2.36. The van der Waals surface area contributed by atoms with Crippen molar-refractivity contribution in [3.63, 3.8) is 0 Å². The lowest BCUT2D eigenvalue weighted by molar-refractivity contribution is -0.119. The molecule has 3 atom stereocenters. The van der Waals surface area contributed by atoms with Crippen LogP contribution in [0, 0.1) is 29.1 Å². The first kappa shape index (κ1) is 31.1. The Morgan fingerprint density at radius 2 is 1.86 bits per heavy atom. The third kappa shape index (κ3) is 11.1. The van der Waals surface area contributed by atoms with Gasteiger partial charge in [-0.2, -0.15) is 0 Å². The Labute approximate surface area is 227 Å². The lowest BCUT2D eigenvalue weighted by Gasteiger charge is -2.29. The van der Waals surface area contributed by atoms with E-state index in [1.54, 1.807) is 12.2 Å². The Morgan fingerprint density at radius 3 is 2.49 bits per heavy atom. The van der Waals surface area contributed by atoms with Crippen molar-refractivity contribution in [3.05, 3.63) is 60.8 Å². The molecular weight excluding hydrogens is 456 g/mol. The number of likely N-dealkylation sites (N-methyl/N-ethyl adjacent to an activating group) is 2. The average molecular weight is 509 g/mol. The summed E-state index contributed by atoms with van der Waals surface area (Å²) in [6, 6.07) is 0.287. The molecule has 0 amide bonds. The zero-order chi connectivity index (χ0) is 27.2. The molecule has 2 aliphatic carbocycles. The smallest absolute Gasteiger partial charge is 0.158 e. The highest BCUT2D eigenvalue weighted by molar-refractivity contribution is 5.92. The Hall–Kier alpha value is -2.08. The van der Waals surface area contributed by atoms with E-state index in [1.807, 2.05) is 18.2 Å². The first-order chi connectivity index (χ1) is 17.8. The quantitative estimate of drug-likeness (QED) is 0.103. The van der Waals surface area contributed by atoms with Crippen molar-refractivity contribution in [3.8, 4) is 0 Å². The fraction of sp³-hybridized carbons (Fsp3) is 0.625. The molecule has 0 aromatic carbocycles. The summed E-state index contributed by atoms with van der Waals surface area (Å²) < 4.78 is 0. The number of hydrogen-bond donors (Lipinski definition) is 2. The van der Waals surface area contributed by atoms with Gasteiger partial charge in [-0.15, -0.1) is 0 Å². The number of allylic oxidation sites excluding steroid dienone is 4. The molecule has 0 aromatic rings. The van der Waals surface area contributed by atoms with E-state index in [2.05, 4.69) is 62.2 Å². The van der Waals surface area contributed by atoms with Crippen LogP contribution < -0.4 is 5.32 Å². The molecule has 0 radical (unpaired) electrons.